The van der Waals surface area contributed by atoms with Crippen LogP contribution in [0.15, 0.2) is 30.3 Å². The number of alkyl halides is 1. The Labute approximate surface area is 88.2 Å². The van der Waals surface area contributed by atoms with Crippen molar-refractivity contribution >= 4 is 34.9 Å². The molecule has 13 heavy (non-hydrogen) atoms. The molecule has 0 aliphatic heterocycles. The third-order valence-corrected chi connectivity index (χ3v) is 2.01. The fraction of sp³-hybridized carbons (Fsp3) is 0.100. The third kappa shape index (κ3) is 2.83. The average molecular weight is 212 g/mol. The van der Waals surface area contributed by atoms with Crippen molar-refractivity contribution in [2.45, 2.75) is 0 Å². The zero-order valence-electron chi connectivity index (χ0n) is 7.03. The van der Waals surface area contributed by atoms with Gasteiger partial charge in [0.05, 0.1) is 0 Å². The van der Waals surface area contributed by atoms with E-state index in [0.29, 0.717) is 10.9 Å². The van der Waals surface area contributed by atoms with E-state index < -0.39 is 0 Å². The van der Waals surface area contributed by atoms with Crippen molar-refractivity contribution in [3.8, 4) is 0 Å². The highest BCUT2D eigenvalue weighted by Gasteiger charge is 1.99. The molecule has 1 nitrogen and oxygen atoms in total. The summed E-state index contributed by atoms with van der Waals surface area (Å²) in [6, 6.07) is 7.70. The highest BCUT2D eigenvalue weighted by atomic mass is 35.5. The van der Waals surface area contributed by atoms with Crippen LogP contribution in [0.25, 0.3) is 6.08 Å². The first kappa shape index (κ1) is 10.2. The average Bonchev–Trinajstić information content (AvgIpc) is 2.15. The van der Waals surface area contributed by atoms with Crippen LogP contribution >= 0.6 is 23.8 Å². The van der Waals surface area contributed by atoms with Crippen LogP contribution in [0.2, 0.25) is 0 Å². The van der Waals surface area contributed by atoms with Crippen molar-refractivity contribution in [3.63, 3.8) is 0 Å². The van der Waals surface area contributed by atoms with Gasteiger partial charge in [0.15, 0.2) is 0 Å². The minimum atomic E-state index is 0.412. The summed E-state index contributed by atoms with van der Waals surface area (Å²) in [5, 5.41) is 0. The van der Waals surface area contributed by atoms with E-state index in [1.165, 1.54) is 0 Å². The van der Waals surface area contributed by atoms with Gasteiger partial charge in [0.2, 0.25) is 0 Å². The fourth-order valence-electron chi connectivity index (χ4n) is 1.04. The third-order valence-electron chi connectivity index (χ3n) is 1.61. The molecule has 0 atom stereocenters. The highest BCUT2D eigenvalue weighted by molar-refractivity contribution is 7.80. The maximum Gasteiger partial charge on any atom is 0.104 e. The Kier molecular flexibility index (Phi) is 3.93. The lowest BCUT2D eigenvalue weighted by molar-refractivity contribution is 1.58. The second-order valence-corrected chi connectivity index (χ2v) is 3.26. The number of thiocarbonyl (C=S) groups is 1. The van der Waals surface area contributed by atoms with E-state index >= 15 is 0 Å². The van der Waals surface area contributed by atoms with E-state index in [-0.39, 0.29) is 0 Å². The van der Waals surface area contributed by atoms with Crippen LogP contribution in [-0.4, -0.2) is 10.9 Å². The van der Waals surface area contributed by atoms with Gasteiger partial charge in [-0.25, -0.2) is 0 Å². The first-order valence-corrected chi connectivity index (χ1v) is 4.81. The summed E-state index contributed by atoms with van der Waals surface area (Å²) in [7, 11) is 0. The SMILES string of the molecule is NC(=S)c1ccccc1C=CCCl. The molecule has 0 fully saturated rings. The summed E-state index contributed by atoms with van der Waals surface area (Å²) in [5.41, 5.74) is 7.45. The van der Waals surface area contributed by atoms with Gasteiger partial charge < -0.3 is 5.73 Å². The number of halogens is 1. The van der Waals surface area contributed by atoms with Crippen molar-refractivity contribution in [3.05, 3.63) is 41.5 Å². The van der Waals surface area contributed by atoms with Gasteiger partial charge in [-0.15, -0.1) is 11.6 Å². The summed E-state index contributed by atoms with van der Waals surface area (Å²) >= 11 is 10.4. The molecule has 0 amide bonds. The van der Waals surface area contributed by atoms with Crippen LogP contribution in [-0.2, 0) is 0 Å². The molecule has 3 heteroatoms. The molecule has 0 radical (unpaired) electrons. The molecule has 0 saturated carbocycles. The lowest BCUT2D eigenvalue weighted by Gasteiger charge is -2.02. The molecule has 0 aliphatic carbocycles. The fourth-order valence-corrected chi connectivity index (χ4v) is 1.31. The maximum absolute atomic E-state index is 5.55. The van der Waals surface area contributed by atoms with E-state index in [1.54, 1.807) is 0 Å². The summed E-state index contributed by atoms with van der Waals surface area (Å²) in [6.45, 7) is 0. The van der Waals surface area contributed by atoms with Gasteiger partial charge in [0.1, 0.15) is 4.99 Å². The molecule has 2 N–H and O–H groups in total. The summed E-state index contributed by atoms with van der Waals surface area (Å²) in [4.78, 5) is 0.412. The van der Waals surface area contributed by atoms with Gasteiger partial charge >= 0.3 is 0 Å². The highest BCUT2D eigenvalue weighted by Crippen LogP contribution is 2.10. The van der Waals surface area contributed by atoms with Gasteiger partial charge in [0, 0.05) is 11.4 Å². The summed E-state index contributed by atoms with van der Waals surface area (Å²) < 4.78 is 0. The summed E-state index contributed by atoms with van der Waals surface area (Å²) in [6.07, 6.45) is 3.78. The van der Waals surface area contributed by atoms with Crippen molar-refractivity contribution in [1.82, 2.24) is 0 Å². The predicted octanol–water partition coefficient (Wildman–Crippen LogP) is 2.57. The number of rotatable bonds is 3. The molecule has 0 aromatic heterocycles. The molecular weight excluding hydrogens is 202 g/mol. The lowest BCUT2D eigenvalue weighted by atomic mass is 10.1. The number of hydrogen-bond acceptors (Lipinski definition) is 1. The molecule has 0 saturated heterocycles. The molecule has 0 aliphatic rings. The van der Waals surface area contributed by atoms with E-state index in [1.807, 2.05) is 36.4 Å². The Morgan fingerprint density at radius 2 is 2.15 bits per heavy atom. The van der Waals surface area contributed by atoms with Crippen molar-refractivity contribution in [2.24, 2.45) is 5.73 Å². The number of hydrogen-bond donors (Lipinski definition) is 1. The van der Waals surface area contributed by atoms with E-state index in [2.05, 4.69) is 0 Å². The Morgan fingerprint density at radius 3 is 2.77 bits per heavy atom. The van der Waals surface area contributed by atoms with Crippen molar-refractivity contribution < 1.29 is 0 Å². The van der Waals surface area contributed by atoms with Crippen LogP contribution in [0.5, 0.6) is 0 Å². The van der Waals surface area contributed by atoms with Gasteiger partial charge in [-0.05, 0) is 5.56 Å². The van der Waals surface area contributed by atoms with Gasteiger partial charge in [-0.1, -0.05) is 48.6 Å². The van der Waals surface area contributed by atoms with E-state index in [9.17, 15) is 0 Å². The molecule has 1 aromatic carbocycles. The molecule has 0 heterocycles. The zero-order chi connectivity index (χ0) is 9.68. The molecule has 1 aromatic rings. The smallest absolute Gasteiger partial charge is 0.104 e. The maximum atomic E-state index is 5.55. The largest absolute Gasteiger partial charge is 0.389 e. The van der Waals surface area contributed by atoms with Crippen LogP contribution in [0, 0.1) is 0 Å². The predicted molar refractivity (Wildman–Crippen MR) is 62.1 cm³/mol. The Morgan fingerprint density at radius 1 is 1.46 bits per heavy atom. The lowest BCUT2D eigenvalue weighted by Crippen LogP contribution is -2.10. The molecule has 0 bridgehead atoms. The van der Waals surface area contributed by atoms with Crippen LogP contribution in [0.4, 0.5) is 0 Å². The van der Waals surface area contributed by atoms with Gasteiger partial charge in [-0.2, -0.15) is 0 Å². The Hall–Kier alpha value is -0.860. The molecule has 0 unspecified atom stereocenters. The van der Waals surface area contributed by atoms with Crippen molar-refractivity contribution in [1.29, 1.82) is 0 Å². The van der Waals surface area contributed by atoms with E-state index in [0.717, 1.165) is 11.1 Å². The molecular formula is C10H10ClNS. The number of nitrogens with two attached hydrogens (primary N) is 1. The quantitative estimate of drug-likeness (QED) is 0.615. The minimum absolute atomic E-state index is 0.412. The van der Waals surface area contributed by atoms with Crippen LogP contribution in [0.3, 0.4) is 0 Å². The molecule has 1 rings (SSSR count). The van der Waals surface area contributed by atoms with Crippen molar-refractivity contribution in [2.75, 3.05) is 5.88 Å². The first-order valence-electron chi connectivity index (χ1n) is 3.87. The second kappa shape index (κ2) is 5.00. The number of benzene rings is 1. The monoisotopic (exact) mass is 211 g/mol. The Bertz CT molecular complexity index is 333. The summed E-state index contributed by atoms with van der Waals surface area (Å²) in [5.74, 6) is 0.492. The Balaban J connectivity index is 3.05. The van der Waals surface area contributed by atoms with Crippen LogP contribution < -0.4 is 5.73 Å². The normalized spacial score (nSPS) is 10.5. The zero-order valence-corrected chi connectivity index (χ0v) is 8.61. The standard InChI is InChI=1S/C10H10ClNS/c11-7-3-5-8-4-1-2-6-9(8)10(12)13/h1-6H,7H2,(H2,12,13). The molecule has 68 valence electrons. The van der Waals surface area contributed by atoms with Gasteiger partial charge in [-0.3, -0.25) is 0 Å². The first-order chi connectivity index (χ1) is 6.25. The van der Waals surface area contributed by atoms with E-state index in [4.69, 9.17) is 29.6 Å². The van der Waals surface area contributed by atoms with Crippen LogP contribution in [0.1, 0.15) is 11.1 Å². The second-order valence-electron chi connectivity index (χ2n) is 2.51. The number of allylic oxidation sites excluding steroid dienone is 1. The topological polar surface area (TPSA) is 26.0 Å². The minimum Gasteiger partial charge on any atom is -0.389 e. The molecule has 0 spiro atoms. The van der Waals surface area contributed by atoms with Gasteiger partial charge in [0.25, 0.3) is 0 Å².